The van der Waals surface area contributed by atoms with Crippen molar-refractivity contribution in [1.82, 2.24) is 10.2 Å². The summed E-state index contributed by atoms with van der Waals surface area (Å²) in [5, 5.41) is 11.1. The van der Waals surface area contributed by atoms with Gasteiger partial charge in [-0.05, 0) is 31.2 Å². The Kier molecular flexibility index (Phi) is 3.14. The van der Waals surface area contributed by atoms with Crippen molar-refractivity contribution in [2.24, 2.45) is 11.8 Å². The lowest BCUT2D eigenvalue weighted by Gasteiger charge is -2.49. The molecule has 4 nitrogen and oxygen atoms in total. The van der Waals surface area contributed by atoms with Crippen molar-refractivity contribution in [3.8, 4) is 0 Å². The van der Waals surface area contributed by atoms with Crippen molar-refractivity contribution in [3.63, 3.8) is 0 Å². The Labute approximate surface area is 90.6 Å². The van der Waals surface area contributed by atoms with Gasteiger partial charge in [-0.1, -0.05) is 13.3 Å². The summed E-state index contributed by atoms with van der Waals surface area (Å²) in [5.41, 5.74) is 0. The molecule has 0 aromatic heterocycles. The third kappa shape index (κ3) is 2.25. The summed E-state index contributed by atoms with van der Waals surface area (Å²) in [6, 6.07) is 0.447. The number of nitrogens with one attached hydrogen (secondary N) is 1. The number of amides is 1. The van der Waals surface area contributed by atoms with E-state index in [1.54, 1.807) is 0 Å². The number of hydrogen-bond donors (Lipinski definition) is 2. The number of fused-ring (bicyclic) bond motifs is 3. The van der Waals surface area contributed by atoms with Crippen molar-refractivity contribution in [2.75, 3.05) is 19.6 Å². The second kappa shape index (κ2) is 4.39. The number of nitrogens with zero attached hydrogens (tertiary/aromatic N) is 1. The molecule has 0 saturated carbocycles. The molecule has 86 valence electrons. The normalized spacial score (nSPS) is 39.0. The minimum atomic E-state index is -0.898. The van der Waals surface area contributed by atoms with Crippen LogP contribution in [0.3, 0.4) is 0 Å². The van der Waals surface area contributed by atoms with Crippen LogP contribution in [-0.2, 0) is 0 Å². The van der Waals surface area contributed by atoms with Gasteiger partial charge in [0.1, 0.15) is 0 Å². The maximum absolute atomic E-state index is 10.4. The second-order valence-corrected chi connectivity index (χ2v) is 4.79. The number of carbonyl (C=O) groups is 1. The van der Waals surface area contributed by atoms with Crippen LogP contribution in [0.15, 0.2) is 0 Å². The van der Waals surface area contributed by atoms with Crippen molar-refractivity contribution >= 4 is 6.09 Å². The Morgan fingerprint density at radius 3 is 2.93 bits per heavy atom. The van der Waals surface area contributed by atoms with Crippen molar-refractivity contribution in [3.05, 3.63) is 0 Å². The Hall–Kier alpha value is -0.770. The van der Waals surface area contributed by atoms with Crippen LogP contribution in [-0.4, -0.2) is 41.8 Å². The van der Waals surface area contributed by atoms with Crippen LogP contribution < -0.4 is 5.32 Å². The van der Waals surface area contributed by atoms with E-state index in [1.165, 1.54) is 25.8 Å². The molecule has 3 heterocycles. The topological polar surface area (TPSA) is 52.6 Å². The molecule has 3 aliphatic rings. The van der Waals surface area contributed by atoms with E-state index in [0.717, 1.165) is 18.4 Å². The lowest BCUT2D eigenvalue weighted by atomic mass is 9.74. The van der Waals surface area contributed by atoms with Crippen LogP contribution in [0, 0.1) is 11.8 Å². The van der Waals surface area contributed by atoms with Crippen LogP contribution >= 0.6 is 0 Å². The molecule has 2 N–H and O–H groups in total. The predicted molar refractivity (Wildman–Crippen MR) is 57.9 cm³/mol. The summed E-state index contributed by atoms with van der Waals surface area (Å²) < 4.78 is 0. The Morgan fingerprint density at radius 2 is 2.40 bits per heavy atom. The van der Waals surface area contributed by atoms with Gasteiger partial charge in [-0.15, -0.1) is 0 Å². The standard InChI is InChI=1S/C11H20N2O2/c1-2-8-7-13-4-3-9(8)5-10(13)6-12-11(14)15/h8-10,12H,2-7H2,1H3,(H,14,15)/t8-,9-,10+/m0/s1. The van der Waals surface area contributed by atoms with Gasteiger partial charge in [-0.25, -0.2) is 4.79 Å². The summed E-state index contributed by atoms with van der Waals surface area (Å²) >= 11 is 0. The quantitative estimate of drug-likeness (QED) is 0.743. The van der Waals surface area contributed by atoms with E-state index < -0.39 is 6.09 Å². The molecule has 3 saturated heterocycles. The lowest BCUT2D eigenvalue weighted by Crippen LogP contribution is -2.56. The number of rotatable bonds is 3. The highest BCUT2D eigenvalue weighted by molar-refractivity contribution is 5.64. The van der Waals surface area contributed by atoms with E-state index in [1.807, 2.05) is 0 Å². The molecule has 3 fully saturated rings. The van der Waals surface area contributed by atoms with Gasteiger partial charge < -0.3 is 10.4 Å². The van der Waals surface area contributed by atoms with Gasteiger partial charge in [0, 0.05) is 19.1 Å². The first-order valence-electron chi connectivity index (χ1n) is 5.91. The smallest absolute Gasteiger partial charge is 0.404 e. The summed E-state index contributed by atoms with van der Waals surface area (Å²) in [7, 11) is 0. The highest BCUT2D eigenvalue weighted by Crippen LogP contribution is 2.37. The summed E-state index contributed by atoms with van der Waals surface area (Å²) in [6.45, 7) is 5.19. The Morgan fingerprint density at radius 1 is 1.60 bits per heavy atom. The van der Waals surface area contributed by atoms with Crippen LogP contribution in [0.25, 0.3) is 0 Å². The summed E-state index contributed by atoms with van der Waals surface area (Å²) in [5.74, 6) is 1.68. The maximum atomic E-state index is 10.4. The molecule has 0 spiro atoms. The first-order valence-corrected chi connectivity index (χ1v) is 5.91. The molecule has 2 bridgehead atoms. The molecule has 0 aromatic rings. The van der Waals surface area contributed by atoms with E-state index in [0.29, 0.717) is 12.6 Å². The third-order valence-electron chi connectivity index (χ3n) is 4.03. The lowest BCUT2D eigenvalue weighted by molar-refractivity contribution is 0.000845. The van der Waals surface area contributed by atoms with Crippen LogP contribution in [0.1, 0.15) is 26.2 Å². The average Bonchev–Trinajstić information content (AvgIpc) is 2.27. The van der Waals surface area contributed by atoms with E-state index in [9.17, 15) is 4.79 Å². The second-order valence-electron chi connectivity index (χ2n) is 4.79. The fourth-order valence-corrected chi connectivity index (χ4v) is 3.13. The zero-order valence-corrected chi connectivity index (χ0v) is 9.28. The van der Waals surface area contributed by atoms with Gasteiger partial charge in [-0.2, -0.15) is 0 Å². The minimum Gasteiger partial charge on any atom is -0.465 e. The molecular formula is C11H20N2O2. The maximum Gasteiger partial charge on any atom is 0.404 e. The summed E-state index contributed by atoms with van der Waals surface area (Å²) in [6.07, 6.45) is 2.85. The largest absolute Gasteiger partial charge is 0.465 e. The number of carboxylic acid groups (broad SMARTS) is 1. The average molecular weight is 212 g/mol. The molecule has 3 rings (SSSR count). The van der Waals surface area contributed by atoms with Gasteiger partial charge >= 0.3 is 6.09 Å². The molecule has 0 radical (unpaired) electrons. The first kappa shape index (κ1) is 10.7. The number of hydrogen-bond acceptors (Lipinski definition) is 2. The Bertz CT molecular complexity index is 245. The molecule has 0 aromatic carbocycles. The fraction of sp³-hybridized carbons (Fsp3) is 0.909. The third-order valence-corrected chi connectivity index (χ3v) is 4.03. The predicted octanol–water partition coefficient (Wildman–Crippen LogP) is 1.37. The van der Waals surface area contributed by atoms with Gasteiger partial charge in [0.2, 0.25) is 0 Å². The van der Waals surface area contributed by atoms with Crippen LogP contribution in [0.5, 0.6) is 0 Å². The zero-order chi connectivity index (χ0) is 10.8. The van der Waals surface area contributed by atoms with E-state index in [4.69, 9.17) is 5.11 Å². The van der Waals surface area contributed by atoms with Gasteiger partial charge in [0.25, 0.3) is 0 Å². The van der Waals surface area contributed by atoms with Gasteiger partial charge in [-0.3, -0.25) is 4.90 Å². The minimum absolute atomic E-state index is 0.447. The molecular weight excluding hydrogens is 192 g/mol. The fourth-order valence-electron chi connectivity index (χ4n) is 3.13. The van der Waals surface area contributed by atoms with E-state index in [2.05, 4.69) is 17.1 Å². The van der Waals surface area contributed by atoms with Crippen LogP contribution in [0.2, 0.25) is 0 Å². The zero-order valence-electron chi connectivity index (χ0n) is 9.28. The van der Waals surface area contributed by atoms with Crippen molar-refractivity contribution in [1.29, 1.82) is 0 Å². The van der Waals surface area contributed by atoms with Crippen molar-refractivity contribution in [2.45, 2.75) is 32.2 Å². The molecule has 0 aliphatic carbocycles. The number of piperidine rings is 3. The van der Waals surface area contributed by atoms with Gasteiger partial charge in [0.05, 0.1) is 0 Å². The molecule has 15 heavy (non-hydrogen) atoms. The van der Waals surface area contributed by atoms with Crippen LogP contribution in [0.4, 0.5) is 4.79 Å². The monoisotopic (exact) mass is 212 g/mol. The molecule has 3 aliphatic heterocycles. The molecule has 1 amide bonds. The van der Waals surface area contributed by atoms with E-state index >= 15 is 0 Å². The van der Waals surface area contributed by atoms with E-state index in [-0.39, 0.29) is 0 Å². The molecule has 1 unspecified atom stereocenters. The first-order chi connectivity index (χ1) is 7.20. The summed E-state index contributed by atoms with van der Waals surface area (Å²) in [4.78, 5) is 12.9. The molecule has 4 heteroatoms. The van der Waals surface area contributed by atoms with Crippen molar-refractivity contribution < 1.29 is 9.90 Å². The van der Waals surface area contributed by atoms with Gasteiger partial charge in [0.15, 0.2) is 0 Å². The molecule has 4 atom stereocenters. The Balaban J connectivity index is 1.87. The highest BCUT2D eigenvalue weighted by Gasteiger charge is 2.38. The SMILES string of the molecule is CC[C@H]1CN2CC[C@H]1C[C@@H]2CNC(=O)O. The highest BCUT2D eigenvalue weighted by atomic mass is 16.4.